The lowest BCUT2D eigenvalue weighted by Crippen LogP contribution is -2.41. The molecule has 0 fully saturated rings. The Morgan fingerprint density at radius 2 is 2.05 bits per heavy atom. The molecular weight excluding hydrogens is 346 g/mol. The van der Waals surface area contributed by atoms with Crippen molar-refractivity contribution in [2.75, 3.05) is 13.2 Å². The first kappa shape index (κ1) is 17.4. The summed E-state index contributed by atoms with van der Waals surface area (Å²) in [5.41, 5.74) is 0. The van der Waals surface area contributed by atoms with Crippen LogP contribution in [0, 0.1) is 5.92 Å². The van der Waals surface area contributed by atoms with Crippen LogP contribution in [-0.2, 0) is 10.0 Å². The number of halogens is 1. The van der Waals surface area contributed by atoms with E-state index in [0.29, 0.717) is 16.8 Å². The van der Waals surface area contributed by atoms with Crippen LogP contribution in [0.15, 0.2) is 27.6 Å². The van der Waals surface area contributed by atoms with Crippen molar-refractivity contribution < 1.29 is 18.3 Å². The second kappa shape index (κ2) is 7.40. The summed E-state index contributed by atoms with van der Waals surface area (Å²) in [7, 11) is -3.76. The minimum absolute atomic E-state index is 0.0162. The summed E-state index contributed by atoms with van der Waals surface area (Å²) >= 11 is 3.25. The third-order valence-electron chi connectivity index (χ3n) is 2.80. The van der Waals surface area contributed by atoms with E-state index in [2.05, 4.69) is 20.7 Å². The van der Waals surface area contributed by atoms with Gasteiger partial charge >= 0.3 is 0 Å². The number of nitrogens with one attached hydrogen (secondary N) is 1. The van der Waals surface area contributed by atoms with E-state index < -0.39 is 16.1 Å². The largest absolute Gasteiger partial charge is 0.492 e. The van der Waals surface area contributed by atoms with Crippen molar-refractivity contribution in [1.29, 1.82) is 0 Å². The molecule has 114 valence electrons. The van der Waals surface area contributed by atoms with Crippen molar-refractivity contribution in [2.45, 2.75) is 31.7 Å². The summed E-state index contributed by atoms with van der Waals surface area (Å²) in [5, 5.41) is 9.27. The number of aliphatic hydroxyl groups is 1. The van der Waals surface area contributed by atoms with Gasteiger partial charge in [-0.2, -0.15) is 0 Å². The zero-order valence-electron chi connectivity index (χ0n) is 11.8. The zero-order valence-corrected chi connectivity index (χ0v) is 14.2. The van der Waals surface area contributed by atoms with Gasteiger partial charge in [-0.15, -0.1) is 0 Å². The summed E-state index contributed by atoms with van der Waals surface area (Å²) in [4.78, 5) is 0.0628. The van der Waals surface area contributed by atoms with Crippen LogP contribution in [0.1, 0.15) is 20.8 Å². The molecule has 0 saturated heterocycles. The van der Waals surface area contributed by atoms with Crippen molar-refractivity contribution in [2.24, 2.45) is 5.92 Å². The average molecular weight is 366 g/mol. The topological polar surface area (TPSA) is 75.6 Å². The maximum atomic E-state index is 12.4. The number of rotatable bonds is 7. The molecule has 0 unspecified atom stereocenters. The molecule has 0 spiro atoms. The quantitative estimate of drug-likeness (QED) is 0.775. The van der Waals surface area contributed by atoms with E-state index in [9.17, 15) is 13.5 Å². The van der Waals surface area contributed by atoms with Crippen LogP contribution in [0.5, 0.6) is 5.75 Å². The fourth-order valence-corrected chi connectivity index (χ4v) is 3.67. The van der Waals surface area contributed by atoms with Gasteiger partial charge in [-0.1, -0.05) is 29.8 Å². The molecule has 0 amide bonds. The molecular formula is C13H20BrNO4S. The first-order chi connectivity index (χ1) is 9.31. The average Bonchev–Trinajstić information content (AvgIpc) is 2.38. The van der Waals surface area contributed by atoms with Crippen molar-refractivity contribution >= 4 is 26.0 Å². The van der Waals surface area contributed by atoms with E-state index in [-0.39, 0.29) is 17.4 Å². The summed E-state index contributed by atoms with van der Waals surface area (Å²) in [5.74, 6) is 0.279. The van der Waals surface area contributed by atoms with Crippen LogP contribution in [0.25, 0.3) is 0 Å². The molecule has 0 aliphatic heterocycles. The molecule has 0 aliphatic carbocycles. The Hall–Kier alpha value is -0.630. The lowest BCUT2D eigenvalue weighted by molar-refractivity contribution is 0.227. The molecule has 1 atom stereocenters. The second-order valence-electron chi connectivity index (χ2n) is 4.68. The molecule has 0 heterocycles. The summed E-state index contributed by atoms with van der Waals surface area (Å²) in [6.45, 7) is 5.59. The molecule has 1 aromatic carbocycles. The molecule has 0 aromatic heterocycles. The van der Waals surface area contributed by atoms with Gasteiger partial charge in [0.25, 0.3) is 0 Å². The third-order valence-corrected chi connectivity index (χ3v) is 4.81. The normalized spacial score (nSPS) is 13.5. The molecule has 0 bridgehead atoms. The highest BCUT2D eigenvalue weighted by Gasteiger charge is 2.25. The maximum absolute atomic E-state index is 12.4. The van der Waals surface area contributed by atoms with Crippen molar-refractivity contribution in [3.63, 3.8) is 0 Å². The molecule has 0 aliphatic rings. The second-order valence-corrected chi connectivity index (χ2v) is 7.28. The zero-order chi connectivity index (χ0) is 15.3. The van der Waals surface area contributed by atoms with Crippen LogP contribution in [0.3, 0.4) is 0 Å². The predicted octanol–water partition coefficient (Wildman–Crippen LogP) is 2.14. The monoisotopic (exact) mass is 365 g/mol. The van der Waals surface area contributed by atoms with Crippen LogP contribution in [-0.4, -0.2) is 32.8 Å². The Morgan fingerprint density at radius 3 is 2.55 bits per heavy atom. The Balaban J connectivity index is 3.17. The SMILES string of the molecule is CCOc1ccc(Br)cc1S(=O)(=O)N[C@H](CO)C(C)C. The maximum Gasteiger partial charge on any atom is 0.244 e. The van der Waals surface area contributed by atoms with E-state index in [0.717, 1.165) is 0 Å². The fraction of sp³-hybridized carbons (Fsp3) is 0.538. The van der Waals surface area contributed by atoms with E-state index in [4.69, 9.17) is 4.74 Å². The highest BCUT2D eigenvalue weighted by molar-refractivity contribution is 9.10. The number of sulfonamides is 1. The third kappa shape index (κ3) is 4.44. The summed E-state index contributed by atoms with van der Waals surface area (Å²) in [6.07, 6.45) is 0. The van der Waals surface area contributed by atoms with Gasteiger partial charge in [0, 0.05) is 10.5 Å². The molecule has 0 radical (unpaired) electrons. The minimum atomic E-state index is -3.76. The molecule has 5 nitrogen and oxygen atoms in total. The van der Waals surface area contributed by atoms with Crippen LogP contribution in [0.4, 0.5) is 0 Å². The standard InChI is InChI=1S/C13H20BrNO4S/c1-4-19-12-6-5-10(14)7-13(12)20(17,18)15-11(8-16)9(2)3/h5-7,9,11,15-16H,4,8H2,1-3H3/t11-/m1/s1. The van der Waals surface area contributed by atoms with E-state index in [1.54, 1.807) is 19.1 Å². The Kier molecular flexibility index (Phi) is 6.44. The van der Waals surface area contributed by atoms with E-state index in [1.165, 1.54) is 6.07 Å². The number of hydrogen-bond donors (Lipinski definition) is 2. The number of hydrogen-bond acceptors (Lipinski definition) is 4. The van der Waals surface area contributed by atoms with E-state index >= 15 is 0 Å². The number of aliphatic hydroxyl groups excluding tert-OH is 1. The molecule has 1 aromatic rings. The summed E-state index contributed by atoms with van der Waals surface area (Å²) < 4.78 is 33.4. The Morgan fingerprint density at radius 1 is 1.40 bits per heavy atom. The molecule has 20 heavy (non-hydrogen) atoms. The lowest BCUT2D eigenvalue weighted by Gasteiger charge is -2.21. The molecule has 1 rings (SSSR count). The first-order valence-electron chi connectivity index (χ1n) is 6.37. The van der Waals surface area contributed by atoms with Gasteiger partial charge in [0.2, 0.25) is 10.0 Å². The van der Waals surface area contributed by atoms with Crippen molar-refractivity contribution in [1.82, 2.24) is 4.72 Å². The Bertz CT molecular complexity index is 545. The number of ether oxygens (including phenoxy) is 1. The first-order valence-corrected chi connectivity index (χ1v) is 8.65. The fourth-order valence-electron chi connectivity index (χ4n) is 1.61. The molecule has 2 N–H and O–H groups in total. The lowest BCUT2D eigenvalue weighted by atomic mass is 10.1. The van der Waals surface area contributed by atoms with Gasteiger partial charge in [0.1, 0.15) is 10.6 Å². The van der Waals surface area contributed by atoms with Gasteiger partial charge in [0.05, 0.1) is 13.2 Å². The van der Waals surface area contributed by atoms with Gasteiger partial charge < -0.3 is 9.84 Å². The van der Waals surface area contributed by atoms with Crippen LogP contribution in [0.2, 0.25) is 0 Å². The number of benzene rings is 1. The van der Waals surface area contributed by atoms with Gasteiger partial charge in [0.15, 0.2) is 0 Å². The van der Waals surface area contributed by atoms with Crippen LogP contribution < -0.4 is 9.46 Å². The smallest absolute Gasteiger partial charge is 0.244 e. The Labute approximate surface area is 128 Å². The van der Waals surface area contributed by atoms with E-state index in [1.807, 2.05) is 13.8 Å². The van der Waals surface area contributed by atoms with Crippen molar-refractivity contribution in [3.05, 3.63) is 22.7 Å². The van der Waals surface area contributed by atoms with Crippen molar-refractivity contribution in [3.8, 4) is 5.75 Å². The van der Waals surface area contributed by atoms with Gasteiger partial charge in [-0.3, -0.25) is 0 Å². The minimum Gasteiger partial charge on any atom is -0.492 e. The van der Waals surface area contributed by atoms with Gasteiger partial charge in [-0.05, 0) is 31.0 Å². The molecule has 7 heteroatoms. The van der Waals surface area contributed by atoms with Crippen LogP contribution >= 0.6 is 15.9 Å². The highest BCUT2D eigenvalue weighted by Crippen LogP contribution is 2.28. The predicted molar refractivity (Wildman–Crippen MR) is 81.3 cm³/mol. The highest BCUT2D eigenvalue weighted by atomic mass is 79.9. The molecule has 0 saturated carbocycles. The summed E-state index contributed by atoms with van der Waals surface area (Å²) in [6, 6.07) is 4.28. The van der Waals surface area contributed by atoms with Gasteiger partial charge in [-0.25, -0.2) is 13.1 Å².